The first-order valence-electron chi connectivity index (χ1n) is 6.75. The van der Waals surface area contributed by atoms with Crippen molar-refractivity contribution in [1.82, 2.24) is 5.32 Å². The molecule has 23 heavy (non-hydrogen) atoms. The molecule has 0 aliphatic carbocycles. The van der Waals surface area contributed by atoms with Crippen LogP contribution in [-0.2, 0) is 0 Å². The molecule has 0 bridgehead atoms. The van der Waals surface area contributed by atoms with Gasteiger partial charge in [-0.05, 0) is 48.9 Å². The van der Waals surface area contributed by atoms with Crippen LogP contribution >= 0.6 is 11.3 Å². The molecule has 0 saturated heterocycles. The molecule has 0 fully saturated rings. The number of carbonyl (C=O) groups is 1. The molecule has 0 radical (unpaired) electrons. The second-order valence-electron chi connectivity index (χ2n) is 4.85. The Labute approximate surface area is 135 Å². The molecular formula is C15H15F3N2O2S. The molecule has 0 spiro atoms. The number of hydrogen-bond donors (Lipinski definition) is 2. The molecule has 124 valence electrons. The highest BCUT2D eigenvalue weighted by Crippen LogP contribution is 2.30. The lowest BCUT2D eigenvalue weighted by Gasteiger charge is -2.09. The average molecular weight is 344 g/mol. The molecule has 8 heteroatoms. The second kappa shape index (κ2) is 7.01. The summed E-state index contributed by atoms with van der Waals surface area (Å²) in [6, 6.07) is 8.77. The summed E-state index contributed by atoms with van der Waals surface area (Å²) in [5.41, 5.74) is 6.15. The maximum absolute atomic E-state index is 12.1. The van der Waals surface area contributed by atoms with E-state index in [0.717, 1.165) is 4.88 Å². The molecule has 1 heterocycles. The summed E-state index contributed by atoms with van der Waals surface area (Å²) in [4.78, 5) is 13.3. The van der Waals surface area contributed by atoms with Gasteiger partial charge < -0.3 is 15.8 Å². The summed E-state index contributed by atoms with van der Waals surface area (Å²) in [5.74, 6) is -0.510. The van der Waals surface area contributed by atoms with Gasteiger partial charge in [-0.2, -0.15) is 0 Å². The molecule has 0 aliphatic rings. The van der Waals surface area contributed by atoms with Gasteiger partial charge in [-0.1, -0.05) is 0 Å². The molecular weight excluding hydrogens is 329 g/mol. The van der Waals surface area contributed by atoms with Crippen LogP contribution in [0.4, 0.5) is 13.2 Å². The van der Waals surface area contributed by atoms with E-state index in [0.29, 0.717) is 17.0 Å². The summed E-state index contributed by atoms with van der Waals surface area (Å²) in [6.45, 7) is 2.14. The van der Waals surface area contributed by atoms with Crippen molar-refractivity contribution in [2.24, 2.45) is 5.73 Å². The molecule has 2 aromatic rings. The number of benzene rings is 1. The van der Waals surface area contributed by atoms with Crippen molar-refractivity contribution < 1.29 is 22.7 Å². The Morgan fingerprint density at radius 1 is 1.26 bits per heavy atom. The molecule has 2 rings (SSSR count). The minimum Gasteiger partial charge on any atom is -0.406 e. The normalized spacial score (nSPS) is 12.7. The number of alkyl halides is 3. The fourth-order valence-electron chi connectivity index (χ4n) is 1.79. The highest BCUT2D eigenvalue weighted by Gasteiger charge is 2.30. The van der Waals surface area contributed by atoms with E-state index in [1.165, 1.54) is 35.6 Å². The zero-order valence-corrected chi connectivity index (χ0v) is 13.0. The van der Waals surface area contributed by atoms with Crippen molar-refractivity contribution in [2.75, 3.05) is 6.54 Å². The third-order valence-corrected chi connectivity index (χ3v) is 4.07. The van der Waals surface area contributed by atoms with Gasteiger partial charge in [-0.3, -0.25) is 4.79 Å². The van der Waals surface area contributed by atoms with Crippen LogP contribution in [0.15, 0.2) is 36.4 Å². The summed E-state index contributed by atoms with van der Waals surface area (Å²) >= 11 is 1.25. The second-order valence-corrected chi connectivity index (χ2v) is 5.93. The van der Waals surface area contributed by atoms with Gasteiger partial charge in [0.25, 0.3) is 5.91 Å². The number of hydrogen-bond acceptors (Lipinski definition) is 4. The van der Waals surface area contributed by atoms with Gasteiger partial charge in [0.05, 0.1) is 4.88 Å². The largest absolute Gasteiger partial charge is 0.573 e. The standard InChI is InChI=1S/C15H15F3N2O2S/c1-9(8-19)20-14(21)13-7-6-12(23-13)10-2-4-11(5-3-10)22-15(16,17)18/h2-7,9H,8,19H2,1H3,(H,20,21)/t9-/m0/s1. The highest BCUT2D eigenvalue weighted by molar-refractivity contribution is 7.17. The molecule has 0 aliphatic heterocycles. The first-order chi connectivity index (χ1) is 10.8. The maximum Gasteiger partial charge on any atom is 0.573 e. The van der Waals surface area contributed by atoms with Crippen molar-refractivity contribution in [3.8, 4) is 16.2 Å². The first-order valence-corrected chi connectivity index (χ1v) is 7.57. The Balaban J connectivity index is 2.10. The zero-order chi connectivity index (χ0) is 17.0. The van der Waals surface area contributed by atoms with Crippen LogP contribution in [0.25, 0.3) is 10.4 Å². The number of nitrogens with two attached hydrogens (primary N) is 1. The third-order valence-electron chi connectivity index (χ3n) is 2.93. The Morgan fingerprint density at radius 3 is 2.48 bits per heavy atom. The summed E-state index contributed by atoms with van der Waals surface area (Å²) in [7, 11) is 0. The smallest absolute Gasteiger partial charge is 0.406 e. The number of halogens is 3. The van der Waals surface area contributed by atoms with E-state index in [2.05, 4.69) is 10.1 Å². The number of carbonyl (C=O) groups excluding carboxylic acids is 1. The van der Waals surface area contributed by atoms with E-state index in [1.807, 2.05) is 0 Å². The van der Waals surface area contributed by atoms with Gasteiger partial charge in [-0.25, -0.2) is 0 Å². The number of rotatable bonds is 5. The van der Waals surface area contributed by atoms with E-state index in [1.54, 1.807) is 19.1 Å². The van der Waals surface area contributed by atoms with Gasteiger partial charge in [0.2, 0.25) is 0 Å². The van der Waals surface area contributed by atoms with E-state index in [-0.39, 0.29) is 17.7 Å². The maximum atomic E-state index is 12.1. The number of ether oxygens (including phenoxy) is 1. The van der Waals surface area contributed by atoms with Crippen molar-refractivity contribution in [3.05, 3.63) is 41.3 Å². The summed E-state index contributed by atoms with van der Waals surface area (Å²) in [6.07, 6.45) is -4.71. The quantitative estimate of drug-likeness (QED) is 0.874. The van der Waals surface area contributed by atoms with Crippen molar-refractivity contribution in [2.45, 2.75) is 19.3 Å². The highest BCUT2D eigenvalue weighted by atomic mass is 32.1. The van der Waals surface area contributed by atoms with Gasteiger partial charge in [0.1, 0.15) is 5.75 Å². The van der Waals surface area contributed by atoms with Crippen LogP contribution in [-0.4, -0.2) is 24.9 Å². The van der Waals surface area contributed by atoms with Crippen molar-refractivity contribution in [1.29, 1.82) is 0 Å². The number of nitrogens with one attached hydrogen (secondary N) is 1. The minimum atomic E-state index is -4.71. The lowest BCUT2D eigenvalue weighted by molar-refractivity contribution is -0.274. The predicted molar refractivity (Wildman–Crippen MR) is 82.4 cm³/mol. The monoisotopic (exact) mass is 344 g/mol. The van der Waals surface area contributed by atoms with Crippen LogP contribution < -0.4 is 15.8 Å². The lowest BCUT2D eigenvalue weighted by Crippen LogP contribution is -2.37. The molecule has 1 atom stereocenters. The average Bonchev–Trinajstić information content (AvgIpc) is 2.96. The van der Waals surface area contributed by atoms with Crippen LogP contribution in [0, 0.1) is 0 Å². The topological polar surface area (TPSA) is 64.3 Å². The molecule has 4 nitrogen and oxygen atoms in total. The fraction of sp³-hybridized carbons (Fsp3) is 0.267. The molecule has 1 aromatic carbocycles. The summed E-state index contributed by atoms with van der Waals surface area (Å²) < 4.78 is 40.2. The van der Waals surface area contributed by atoms with Gasteiger partial charge in [-0.15, -0.1) is 24.5 Å². The molecule has 1 amide bonds. The zero-order valence-electron chi connectivity index (χ0n) is 12.2. The van der Waals surface area contributed by atoms with Crippen LogP contribution in [0.3, 0.4) is 0 Å². The fourth-order valence-corrected chi connectivity index (χ4v) is 2.70. The first kappa shape index (κ1) is 17.3. The van der Waals surface area contributed by atoms with E-state index >= 15 is 0 Å². The van der Waals surface area contributed by atoms with Crippen LogP contribution in [0.5, 0.6) is 5.75 Å². The number of thiophene rings is 1. The Hall–Kier alpha value is -2.06. The minimum absolute atomic E-state index is 0.133. The summed E-state index contributed by atoms with van der Waals surface area (Å²) in [5, 5.41) is 2.75. The van der Waals surface area contributed by atoms with Crippen molar-refractivity contribution >= 4 is 17.2 Å². The Kier molecular flexibility index (Phi) is 5.27. The predicted octanol–water partition coefficient (Wildman–Crippen LogP) is 3.39. The Bertz CT molecular complexity index is 668. The van der Waals surface area contributed by atoms with Gasteiger partial charge in [0.15, 0.2) is 0 Å². The van der Waals surface area contributed by atoms with Gasteiger partial charge >= 0.3 is 6.36 Å². The van der Waals surface area contributed by atoms with Crippen molar-refractivity contribution in [3.63, 3.8) is 0 Å². The third kappa shape index (κ3) is 4.97. The Morgan fingerprint density at radius 2 is 1.91 bits per heavy atom. The SMILES string of the molecule is C[C@@H](CN)NC(=O)c1ccc(-c2ccc(OC(F)(F)F)cc2)s1. The van der Waals surface area contributed by atoms with Gasteiger partial charge in [0, 0.05) is 17.5 Å². The number of amides is 1. The van der Waals surface area contributed by atoms with E-state index < -0.39 is 6.36 Å². The molecule has 0 saturated carbocycles. The lowest BCUT2D eigenvalue weighted by atomic mass is 10.2. The van der Waals surface area contributed by atoms with E-state index in [4.69, 9.17) is 5.73 Å². The molecule has 1 aromatic heterocycles. The van der Waals surface area contributed by atoms with E-state index in [9.17, 15) is 18.0 Å². The van der Waals surface area contributed by atoms with Crippen LogP contribution in [0.1, 0.15) is 16.6 Å². The molecule has 3 N–H and O–H groups in total. The molecule has 0 unspecified atom stereocenters. The van der Waals surface area contributed by atoms with Crippen LogP contribution in [0.2, 0.25) is 0 Å².